The van der Waals surface area contributed by atoms with Crippen molar-refractivity contribution in [2.24, 2.45) is 5.73 Å². The molecule has 1 unspecified atom stereocenters. The minimum absolute atomic E-state index is 0.0116. The average molecular weight is 161 g/mol. The Morgan fingerprint density at radius 2 is 2.60 bits per heavy atom. The number of nitrogens with zero attached hydrogens (tertiary/aromatic N) is 1. The molecule has 0 saturated carbocycles. The van der Waals surface area contributed by atoms with Crippen molar-refractivity contribution in [3.63, 3.8) is 0 Å². The summed E-state index contributed by atoms with van der Waals surface area (Å²) in [6.07, 6.45) is 0.0116. The Morgan fingerprint density at radius 3 is 3.00 bits per heavy atom. The van der Waals surface area contributed by atoms with E-state index in [0.29, 0.717) is 11.8 Å². The van der Waals surface area contributed by atoms with Crippen molar-refractivity contribution in [2.45, 2.75) is 6.23 Å². The van der Waals surface area contributed by atoms with Crippen molar-refractivity contribution >= 4 is 17.3 Å². The topological polar surface area (TPSA) is 50.5 Å². The second kappa shape index (κ2) is 3.14. The van der Waals surface area contributed by atoms with Crippen LogP contribution in [0.25, 0.3) is 0 Å². The van der Waals surface area contributed by atoms with Crippen LogP contribution in [0.5, 0.6) is 0 Å². The highest BCUT2D eigenvalue weighted by Gasteiger charge is 2.19. The van der Waals surface area contributed by atoms with Crippen LogP contribution in [0.4, 0.5) is 0 Å². The smallest absolute Gasteiger partial charge is 0.168 e. The lowest BCUT2D eigenvalue weighted by molar-refractivity contribution is 0.0385. The Hall–Kier alpha value is -0.390. The molecular weight excluding hydrogens is 150 g/mol. The molecule has 0 aromatic heterocycles. The second-order valence-corrected chi connectivity index (χ2v) is 2.59. The van der Waals surface area contributed by atoms with Crippen LogP contribution in [0.15, 0.2) is 0 Å². The van der Waals surface area contributed by atoms with Gasteiger partial charge in [0, 0.05) is 13.6 Å². The summed E-state index contributed by atoms with van der Waals surface area (Å²) in [5.41, 5.74) is 5.37. The molecule has 1 heterocycles. The minimum atomic E-state index is 0.0116. The van der Waals surface area contributed by atoms with Crippen LogP contribution in [0, 0.1) is 0 Å². The molecule has 10 heavy (non-hydrogen) atoms. The summed E-state index contributed by atoms with van der Waals surface area (Å²) in [5.74, 6) is 0. The molecule has 5 heteroatoms. The van der Waals surface area contributed by atoms with Gasteiger partial charge in [0.15, 0.2) is 5.11 Å². The number of hydrogen-bond donors (Lipinski definition) is 2. The zero-order valence-corrected chi connectivity index (χ0v) is 6.65. The highest BCUT2D eigenvalue weighted by Crippen LogP contribution is 2.01. The quantitative estimate of drug-likeness (QED) is 0.486. The summed E-state index contributed by atoms with van der Waals surface area (Å²) in [7, 11) is 1.82. The summed E-state index contributed by atoms with van der Waals surface area (Å²) < 4.78 is 5.22. The number of nitrogens with one attached hydrogen (secondary N) is 1. The van der Waals surface area contributed by atoms with Crippen LogP contribution in [0.3, 0.4) is 0 Å². The molecule has 1 aliphatic rings. The molecule has 0 bridgehead atoms. The monoisotopic (exact) mass is 161 g/mol. The van der Waals surface area contributed by atoms with E-state index < -0.39 is 0 Å². The van der Waals surface area contributed by atoms with Gasteiger partial charge in [-0.05, 0) is 12.2 Å². The Labute approximate surface area is 65.3 Å². The second-order valence-electron chi connectivity index (χ2n) is 2.17. The van der Waals surface area contributed by atoms with Gasteiger partial charge in [-0.25, -0.2) is 0 Å². The summed E-state index contributed by atoms with van der Waals surface area (Å²) in [4.78, 5) is 1.73. The molecule has 1 aliphatic heterocycles. The van der Waals surface area contributed by atoms with Crippen LogP contribution in [-0.4, -0.2) is 36.6 Å². The third-order valence-corrected chi connectivity index (χ3v) is 1.76. The molecule has 0 aliphatic carbocycles. The molecule has 1 rings (SSSR count). The Bertz CT molecular complexity index is 135. The van der Waals surface area contributed by atoms with Crippen molar-refractivity contribution in [3.8, 4) is 0 Å². The Kier molecular flexibility index (Phi) is 2.42. The first-order valence-electron chi connectivity index (χ1n) is 3.06. The fourth-order valence-corrected chi connectivity index (χ4v) is 0.905. The largest absolute Gasteiger partial charge is 0.376 e. The first-order valence-corrected chi connectivity index (χ1v) is 3.47. The molecule has 1 fully saturated rings. The molecule has 0 radical (unpaired) electrons. The van der Waals surface area contributed by atoms with E-state index in [1.54, 1.807) is 4.90 Å². The standard InChI is InChI=1S/C5H11N3OS/c1-8(5(6)10)4-2-7-3-9-4/h4,7H,2-3H2,1H3,(H2,6,10). The fraction of sp³-hybridized carbons (Fsp3) is 0.800. The van der Waals surface area contributed by atoms with Gasteiger partial charge in [0.1, 0.15) is 6.23 Å². The lowest BCUT2D eigenvalue weighted by atomic mass is 10.5. The van der Waals surface area contributed by atoms with E-state index in [4.69, 9.17) is 22.7 Å². The van der Waals surface area contributed by atoms with Gasteiger partial charge in [0.2, 0.25) is 0 Å². The predicted molar refractivity (Wildman–Crippen MR) is 42.3 cm³/mol. The van der Waals surface area contributed by atoms with Crippen LogP contribution in [-0.2, 0) is 4.74 Å². The van der Waals surface area contributed by atoms with Gasteiger partial charge in [-0.2, -0.15) is 0 Å². The fourth-order valence-electron chi connectivity index (χ4n) is 0.787. The zero-order chi connectivity index (χ0) is 7.56. The first-order chi connectivity index (χ1) is 4.72. The highest BCUT2D eigenvalue weighted by molar-refractivity contribution is 7.80. The van der Waals surface area contributed by atoms with Gasteiger partial charge < -0.3 is 15.4 Å². The van der Waals surface area contributed by atoms with E-state index in [9.17, 15) is 0 Å². The predicted octanol–water partition coefficient (Wildman–Crippen LogP) is -0.935. The van der Waals surface area contributed by atoms with E-state index in [1.807, 2.05) is 7.05 Å². The summed E-state index contributed by atoms with van der Waals surface area (Å²) in [5, 5.41) is 3.40. The van der Waals surface area contributed by atoms with Crippen LogP contribution >= 0.6 is 12.2 Å². The third kappa shape index (κ3) is 1.56. The van der Waals surface area contributed by atoms with E-state index in [2.05, 4.69) is 5.32 Å². The van der Waals surface area contributed by atoms with Crippen LogP contribution in [0.2, 0.25) is 0 Å². The van der Waals surface area contributed by atoms with E-state index in [-0.39, 0.29) is 6.23 Å². The molecule has 0 amide bonds. The Balaban J connectivity index is 2.39. The summed E-state index contributed by atoms with van der Waals surface area (Å²) in [6.45, 7) is 1.37. The molecule has 3 N–H and O–H groups in total. The number of thiocarbonyl (C=S) groups is 1. The minimum Gasteiger partial charge on any atom is -0.376 e. The van der Waals surface area contributed by atoms with E-state index in [1.165, 1.54) is 0 Å². The van der Waals surface area contributed by atoms with Crippen LogP contribution in [0.1, 0.15) is 0 Å². The Morgan fingerprint density at radius 1 is 1.90 bits per heavy atom. The summed E-state index contributed by atoms with van der Waals surface area (Å²) >= 11 is 4.75. The number of likely N-dealkylation sites (N-methyl/N-ethyl adjacent to an activating group) is 1. The third-order valence-electron chi connectivity index (χ3n) is 1.48. The number of nitrogens with two attached hydrogens (primary N) is 1. The van der Waals surface area contributed by atoms with E-state index in [0.717, 1.165) is 6.54 Å². The maximum Gasteiger partial charge on any atom is 0.168 e. The van der Waals surface area contributed by atoms with Gasteiger partial charge in [-0.1, -0.05) is 0 Å². The van der Waals surface area contributed by atoms with Crippen molar-refractivity contribution < 1.29 is 4.74 Å². The van der Waals surface area contributed by atoms with Crippen molar-refractivity contribution in [1.29, 1.82) is 0 Å². The molecule has 1 saturated heterocycles. The van der Waals surface area contributed by atoms with Gasteiger partial charge in [0.25, 0.3) is 0 Å². The van der Waals surface area contributed by atoms with Gasteiger partial charge in [-0.3, -0.25) is 5.32 Å². The lowest BCUT2D eigenvalue weighted by Crippen LogP contribution is -2.42. The summed E-state index contributed by atoms with van der Waals surface area (Å²) in [6, 6.07) is 0. The zero-order valence-electron chi connectivity index (χ0n) is 5.83. The van der Waals surface area contributed by atoms with E-state index >= 15 is 0 Å². The maximum atomic E-state index is 5.37. The maximum absolute atomic E-state index is 5.37. The highest BCUT2D eigenvalue weighted by atomic mass is 32.1. The molecule has 1 atom stereocenters. The van der Waals surface area contributed by atoms with Crippen molar-refractivity contribution in [3.05, 3.63) is 0 Å². The number of ether oxygens (including phenoxy) is 1. The SMILES string of the molecule is CN(C(N)=S)C1CNCO1. The molecule has 0 spiro atoms. The number of hydrogen-bond acceptors (Lipinski definition) is 3. The molecule has 58 valence electrons. The van der Waals surface area contributed by atoms with Crippen molar-refractivity contribution in [1.82, 2.24) is 10.2 Å². The molecule has 0 aromatic rings. The normalized spacial score (nSPS) is 24.7. The molecule has 0 aromatic carbocycles. The average Bonchev–Trinajstić information content (AvgIpc) is 2.36. The lowest BCUT2D eigenvalue weighted by Gasteiger charge is -2.22. The molecule has 4 nitrogen and oxygen atoms in total. The van der Waals surface area contributed by atoms with Crippen molar-refractivity contribution in [2.75, 3.05) is 20.3 Å². The number of rotatable bonds is 1. The molecular formula is C5H11N3OS. The van der Waals surface area contributed by atoms with Gasteiger partial charge in [0.05, 0.1) is 6.73 Å². The first kappa shape index (κ1) is 7.71. The van der Waals surface area contributed by atoms with Crippen LogP contribution < -0.4 is 11.1 Å². The van der Waals surface area contributed by atoms with Gasteiger partial charge in [-0.15, -0.1) is 0 Å². The van der Waals surface area contributed by atoms with Gasteiger partial charge >= 0.3 is 0 Å².